The topological polar surface area (TPSA) is 58.1 Å². The van der Waals surface area contributed by atoms with Crippen molar-refractivity contribution in [3.05, 3.63) is 47.1 Å². The number of benzene rings is 1. The Morgan fingerprint density at radius 2 is 2.07 bits per heavy atom. The van der Waals surface area contributed by atoms with Gasteiger partial charge in [0, 0.05) is 48.4 Å². The Balaban J connectivity index is 1.25. The largest absolute Gasteiger partial charge is 0.493 e. The van der Waals surface area contributed by atoms with Crippen LogP contribution < -0.4 is 14.5 Å². The van der Waals surface area contributed by atoms with E-state index in [1.807, 2.05) is 40.1 Å². The second kappa shape index (κ2) is 7.07. The standard InChI is InChI=1S/C21H23ClN4O3/c1-28-18-3-2-6-23-19(18)24-11-21(12-24)13-25(14-21)20(27)26-7-8-29-10-15-9-16(22)4-5-17(15)26/h2-6,9H,7-8,10-14H2,1H3. The molecule has 4 heterocycles. The first-order valence-corrected chi connectivity index (χ1v) is 10.1. The molecule has 0 aliphatic carbocycles. The number of aromatic nitrogens is 1. The molecule has 1 aromatic carbocycles. The number of likely N-dealkylation sites (tertiary alicyclic amines) is 1. The molecule has 0 saturated carbocycles. The summed E-state index contributed by atoms with van der Waals surface area (Å²) in [6.45, 7) is 4.84. The third kappa shape index (κ3) is 3.18. The van der Waals surface area contributed by atoms with Gasteiger partial charge in [-0.25, -0.2) is 9.78 Å². The van der Waals surface area contributed by atoms with Crippen molar-refractivity contribution >= 4 is 29.1 Å². The third-order valence-electron chi connectivity index (χ3n) is 5.93. The van der Waals surface area contributed by atoms with Crippen LogP contribution in [-0.2, 0) is 11.3 Å². The molecule has 1 aromatic heterocycles. The monoisotopic (exact) mass is 414 g/mol. The third-order valence-corrected chi connectivity index (χ3v) is 6.16. The fraction of sp³-hybridized carbons (Fsp3) is 0.429. The lowest BCUT2D eigenvalue weighted by atomic mass is 9.73. The van der Waals surface area contributed by atoms with Crippen molar-refractivity contribution in [3.63, 3.8) is 0 Å². The fourth-order valence-electron chi connectivity index (χ4n) is 4.55. The number of hydrogen-bond donors (Lipinski definition) is 0. The summed E-state index contributed by atoms with van der Waals surface area (Å²) in [6, 6.07) is 9.46. The number of halogens is 1. The van der Waals surface area contributed by atoms with Crippen molar-refractivity contribution in [2.75, 3.05) is 56.2 Å². The molecule has 1 spiro atoms. The van der Waals surface area contributed by atoms with Gasteiger partial charge in [0.15, 0.2) is 11.6 Å². The summed E-state index contributed by atoms with van der Waals surface area (Å²) in [5.41, 5.74) is 2.01. The number of rotatable bonds is 2. The van der Waals surface area contributed by atoms with Crippen LogP contribution in [0.4, 0.5) is 16.3 Å². The van der Waals surface area contributed by atoms with E-state index in [0.29, 0.717) is 24.8 Å². The van der Waals surface area contributed by atoms with Crippen LogP contribution in [0.2, 0.25) is 5.02 Å². The molecule has 2 aromatic rings. The first kappa shape index (κ1) is 18.5. The van der Waals surface area contributed by atoms with Crippen molar-refractivity contribution in [2.24, 2.45) is 5.41 Å². The van der Waals surface area contributed by atoms with Gasteiger partial charge in [-0.1, -0.05) is 11.6 Å². The molecule has 0 bridgehead atoms. The van der Waals surface area contributed by atoms with E-state index >= 15 is 0 Å². The molecule has 0 radical (unpaired) electrons. The maximum absolute atomic E-state index is 13.2. The maximum atomic E-state index is 13.2. The van der Waals surface area contributed by atoms with Gasteiger partial charge in [0.05, 0.1) is 32.6 Å². The second-order valence-electron chi connectivity index (χ2n) is 8.00. The Hall–Kier alpha value is -2.51. The number of nitrogens with zero attached hydrogens (tertiary/aromatic N) is 4. The van der Waals surface area contributed by atoms with Gasteiger partial charge < -0.3 is 19.3 Å². The molecule has 0 unspecified atom stereocenters. The molecular weight excluding hydrogens is 392 g/mol. The van der Waals surface area contributed by atoms with Gasteiger partial charge in [-0.2, -0.15) is 0 Å². The van der Waals surface area contributed by atoms with Gasteiger partial charge in [-0.05, 0) is 30.3 Å². The minimum Gasteiger partial charge on any atom is -0.493 e. The molecular formula is C21H23ClN4O3. The number of ether oxygens (including phenoxy) is 2. The Morgan fingerprint density at radius 1 is 1.24 bits per heavy atom. The maximum Gasteiger partial charge on any atom is 0.324 e. The second-order valence-corrected chi connectivity index (χ2v) is 8.44. The highest BCUT2D eigenvalue weighted by molar-refractivity contribution is 6.30. The summed E-state index contributed by atoms with van der Waals surface area (Å²) in [7, 11) is 1.66. The molecule has 2 saturated heterocycles. The highest BCUT2D eigenvalue weighted by atomic mass is 35.5. The summed E-state index contributed by atoms with van der Waals surface area (Å²) in [5.74, 6) is 1.66. The van der Waals surface area contributed by atoms with E-state index in [9.17, 15) is 4.79 Å². The summed E-state index contributed by atoms with van der Waals surface area (Å²) in [6.07, 6.45) is 1.78. The number of urea groups is 1. The number of carbonyl (C=O) groups excluding carboxylic acids is 1. The molecule has 152 valence electrons. The van der Waals surface area contributed by atoms with Crippen molar-refractivity contribution < 1.29 is 14.3 Å². The molecule has 0 N–H and O–H groups in total. The van der Waals surface area contributed by atoms with Crippen molar-refractivity contribution in [1.29, 1.82) is 0 Å². The van der Waals surface area contributed by atoms with E-state index in [2.05, 4.69) is 9.88 Å². The first-order valence-electron chi connectivity index (χ1n) is 9.75. The van der Waals surface area contributed by atoms with Crippen LogP contribution in [-0.4, -0.2) is 62.4 Å². The van der Waals surface area contributed by atoms with Crippen LogP contribution in [0.25, 0.3) is 0 Å². The number of anilines is 2. The lowest BCUT2D eigenvalue weighted by molar-refractivity contribution is 0.00916. The minimum absolute atomic E-state index is 0.0403. The van der Waals surface area contributed by atoms with E-state index in [4.69, 9.17) is 21.1 Å². The number of fused-ring (bicyclic) bond motifs is 1. The number of hydrogen-bond acceptors (Lipinski definition) is 5. The Bertz CT molecular complexity index is 939. The zero-order chi connectivity index (χ0) is 20.0. The van der Waals surface area contributed by atoms with E-state index in [1.54, 1.807) is 13.3 Å². The molecule has 8 heteroatoms. The molecule has 7 nitrogen and oxygen atoms in total. The minimum atomic E-state index is 0.0403. The van der Waals surface area contributed by atoms with E-state index in [0.717, 1.165) is 49.0 Å². The summed E-state index contributed by atoms with van der Waals surface area (Å²) >= 11 is 6.12. The molecule has 2 amide bonds. The highest BCUT2D eigenvalue weighted by Gasteiger charge is 2.54. The van der Waals surface area contributed by atoms with Gasteiger partial charge in [0.2, 0.25) is 0 Å². The number of amides is 2. The van der Waals surface area contributed by atoms with E-state index < -0.39 is 0 Å². The van der Waals surface area contributed by atoms with E-state index in [1.165, 1.54) is 0 Å². The smallest absolute Gasteiger partial charge is 0.324 e. The van der Waals surface area contributed by atoms with Crippen LogP contribution in [0.1, 0.15) is 5.56 Å². The molecule has 0 atom stereocenters. The van der Waals surface area contributed by atoms with Crippen LogP contribution in [0, 0.1) is 5.41 Å². The molecule has 5 rings (SSSR count). The fourth-order valence-corrected chi connectivity index (χ4v) is 4.75. The predicted octanol–water partition coefficient (Wildman–Crippen LogP) is 3.02. The summed E-state index contributed by atoms with van der Waals surface area (Å²) in [5, 5.41) is 0.657. The van der Waals surface area contributed by atoms with Gasteiger partial charge in [0.1, 0.15) is 0 Å². The van der Waals surface area contributed by atoms with Gasteiger partial charge in [-0.15, -0.1) is 0 Å². The van der Waals surface area contributed by atoms with Crippen molar-refractivity contribution in [2.45, 2.75) is 6.61 Å². The average molecular weight is 415 g/mol. The van der Waals surface area contributed by atoms with Crippen LogP contribution in [0.15, 0.2) is 36.5 Å². The quantitative estimate of drug-likeness (QED) is 0.756. The van der Waals surface area contributed by atoms with E-state index in [-0.39, 0.29) is 11.4 Å². The van der Waals surface area contributed by atoms with Crippen molar-refractivity contribution in [3.8, 4) is 5.75 Å². The number of methoxy groups -OCH3 is 1. The first-order chi connectivity index (χ1) is 14.1. The lowest BCUT2D eigenvalue weighted by Crippen LogP contribution is -2.74. The van der Waals surface area contributed by atoms with Crippen LogP contribution >= 0.6 is 11.6 Å². The summed E-state index contributed by atoms with van der Waals surface area (Å²) < 4.78 is 11.1. The lowest BCUT2D eigenvalue weighted by Gasteiger charge is -2.60. The molecule has 3 aliphatic heterocycles. The zero-order valence-electron chi connectivity index (χ0n) is 16.3. The number of carbonyl (C=O) groups is 1. The normalized spacial score (nSPS) is 19.9. The summed E-state index contributed by atoms with van der Waals surface area (Å²) in [4.78, 5) is 23.6. The van der Waals surface area contributed by atoms with Crippen LogP contribution in [0.3, 0.4) is 0 Å². The van der Waals surface area contributed by atoms with Crippen LogP contribution in [0.5, 0.6) is 5.75 Å². The molecule has 29 heavy (non-hydrogen) atoms. The molecule has 3 aliphatic rings. The number of pyridine rings is 1. The zero-order valence-corrected chi connectivity index (χ0v) is 17.1. The van der Waals surface area contributed by atoms with Gasteiger partial charge >= 0.3 is 6.03 Å². The Labute approximate surface area is 174 Å². The highest BCUT2D eigenvalue weighted by Crippen LogP contribution is 2.44. The SMILES string of the molecule is COc1cccnc1N1CC2(CN(C(=O)N3CCOCc4cc(Cl)ccc43)C2)C1. The Morgan fingerprint density at radius 3 is 2.86 bits per heavy atom. The van der Waals surface area contributed by atoms with Gasteiger partial charge in [0.25, 0.3) is 0 Å². The molecule has 2 fully saturated rings. The Kier molecular flexibility index (Phi) is 4.52. The average Bonchev–Trinajstić information content (AvgIpc) is 2.88. The predicted molar refractivity (Wildman–Crippen MR) is 111 cm³/mol. The van der Waals surface area contributed by atoms with Crippen molar-refractivity contribution in [1.82, 2.24) is 9.88 Å². The van der Waals surface area contributed by atoms with Gasteiger partial charge in [-0.3, -0.25) is 4.90 Å².